The van der Waals surface area contributed by atoms with E-state index in [1.54, 1.807) is 24.2 Å². The smallest absolute Gasteiger partial charge is 0.255 e. The van der Waals surface area contributed by atoms with Gasteiger partial charge in [0.05, 0.1) is 41.7 Å². The molecule has 1 aliphatic heterocycles. The summed E-state index contributed by atoms with van der Waals surface area (Å²) in [6, 6.07) is 10.0. The average Bonchev–Trinajstić information content (AvgIpc) is 3.42. The number of fused-ring (bicyclic) bond motifs is 2. The third-order valence-corrected chi connectivity index (χ3v) is 6.13. The summed E-state index contributed by atoms with van der Waals surface area (Å²) >= 11 is 0. The molecule has 0 spiro atoms. The number of methoxy groups -OCH3 is 1. The summed E-state index contributed by atoms with van der Waals surface area (Å²) in [4.78, 5) is 12.6. The van der Waals surface area contributed by atoms with E-state index in [2.05, 4.69) is 35.4 Å². The van der Waals surface area contributed by atoms with E-state index in [1.807, 2.05) is 31.3 Å². The van der Waals surface area contributed by atoms with Crippen LogP contribution in [0.25, 0.3) is 33.3 Å². The highest BCUT2D eigenvalue weighted by atomic mass is 16.5. The van der Waals surface area contributed by atoms with E-state index in [4.69, 9.17) is 9.84 Å². The number of aromatic amines is 1. The van der Waals surface area contributed by atoms with E-state index in [0.717, 1.165) is 33.3 Å². The standard InChI is InChI=1S/C24H22N6O2/c1-24(2)12-26-23(31)21-17(24)6-14(8-19(21)32-4)22-20-15(9-25)5-13(16-10-27-28-11-16)7-18(20)29-30(22)3/h5-8,10-11H,12H2,1-4H3,(H,26,31)(H,27,28). The van der Waals surface area contributed by atoms with Crippen molar-refractivity contribution in [2.45, 2.75) is 19.3 Å². The summed E-state index contributed by atoms with van der Waals surface area (Å²) in [7, 11) is 3.42. The number of amides is 1. The Kier molecular flexibility index (Phi) is 4.31. The highest BCUT2D eigenvalue weighted by molar-refractivity contribution is 6.03. The van der Waals surface area contributed by atoms with Crippen LogP contribution in [0.1, 0.15) is 35.3 Å². The molecule has 2 aromatic heterocycles. The lowest BCUT2D eigenvalue weighted by atomic mass is 9.77. The maximum atomic E-state index is 12.6. The Bertz CT molecular complexity index is 1420. The lowest BCUT2D eigenvalue weighted by Gasteiger charge is -2.33. The molecule has 8 nitrogen and oxygen atoms in total. The van der Waals surface area contributed by atoms with Crippen molar-refractivity contribution in [3.63, 3.8) is 0 Å². The van der Waals surface area contributed by atoms with Gasteiger partial charge < -0.3 is 10.1 Å². The maximum Gasteiger partial charge on any atom is 0.255 e. The van der Waals surface area contributed by atoms with Crippen LogP contribution in [0.5, 0.6) is 5.75 Å². The maximum absolute atomic E-state index is 12.6. The lowest BCUT2D eigenvalue weighted by molar-refractivity contribution is 0.0926. The number of rotatable bonds is 3. The quantitative estimate of drug-likeness (QED) is 0.521. The Morgan fingerprint density at radius 2 is 2.00 bits per heavy atom. The van der Waals surface area contributed by atoms with Crippen molar-refractivity contribution in [1.29, 1.82) is 5.26 Å². The molecule has 1 aliphatic rings. The number of ether oxygens (including phenoxy) is 1. The van der Waals surface area contributed by atoms with Crippen molar-refractivity contribution in [2.24, 2.45) is 7.05 Å². The molecule has 0 saturated heterocycles. The molecule has 3 heterocycles. The number of hydrogen-bond donors (Lipinski definition) is 2. The second kappa shape index (κ2) is 6.95. The van der Waals surface area contributed by atoms with Crippen molar-refractivity contribution < 1.29 is 9.53 Å². The second-order valence-corrected chi connectivity index (χ2v) is 8.66. The number of aryl methyl sites for hydroxylation is 1. The molecule has 1 amide bonds. The predicted molar refractivity (Wildman–Crippen MR) is 120 cm³/mol. The van der Waals surface area contributed by atoms with E-state index >= 15 is 0 Å². The van der Waals surface area contributed by atoms with Crippen molar-refractivity contribution in [2.75, 3.05) is 13.7 Å². The van der Waals surface area contributed by atoms with E-state index < -0.39 is 0 Å². The fourth-order valence-electron chi connectivity index (χ4n) is 4.49. The summed E-state index contributed by atoms with van der Waals surface area (Å²) in [5.74, 6) is 0.366. The zero-order valence-electron chi connectivity index (χ0n) is 18.3. The largest absolute Gasteiger partial charge is 0.496 e. The number of carbonyl (C=O) groups is 1. The molecule has 0 atom stereocenters. The van der Waals surface area contributed by atoms with Gasteiger partial charge >= 0.3 is 0 Å². The lowest BCUT2D eigenvalue weighted by Crippen LogP contribution is -2.43. The van der Waals surface area contributed by atoms with E-state index in [-0.39, 0.29) is 11.3 Å². The number of aromatic nitrogens is 4. The first-order valence-corrected chi connectivity index (χ1v) is 10.2. The number of nitrogens with one attached hydrogen (secondary N) is 2. The van der Waals surface area contributed by atoms with Gasteiger partial charge in [0.1, 0.15) is 5.75 Å². The van der Waals surface area contributed by atoms with Crippen molar-refractivity contribution in [1.82, 2.24) is 25.3 Å². The molecule has 32 heavy (non-hydrogen) atoms. The van der Waals surface area contributed by atoms with E-state index in [9.17, 15) is 10.1 Å². The molecule has 0 fully saturated rings. The molecule has 2 aromatic carbocycles. The van der Waals surface area contributed by atoms with Crippen molar-refractivity contribution in [3.05, 3.63) is 53.3 Å². The first kappa shape index (κ1) is 19.8. The number of nitriles is 1. The highest BCUT2D eigenvalue weighted by Crippen LogP contribution is 2.41. The van der Waals surface area contributed by atoms with Crippen LogP contribution in [0.3, 0.4) is 0 Å². The van der Waals surface area contributed by atoms with Gasteiger partial charge in [-0.25, -0.2) is 0 Å². The first-order valence-electron chi connectivity index (χ1n) is 10.2. The van der Waals surface area contributed by atoms with Gasteiger partial charge in [0.25, 0.3) is 5.91 Å². The molecular weight excluding hydrogens is 404 g/mol. The molecule has 2 N–H and O–H groups in total. The van der Waals surface area contributed by atoms with Crippen LogP contribution in [0.2, 0.25) is 0 Å². The molecule has 0 radical (unpaired) electrons. The molecule has 0 bridgehead atoms. The Balaban J connectivity index is 1.80. The van der Waals surface area contributed by atoms with Gasteiger partial charge in [-0.05, 0) is 35.4 Å². The van der Waals surface area contributed by atoms with Gasteiger partial charge in [-0.3, -0.25) is 14.6 Å². The van der Waals surface area contributed by atoms with E-state index in [0.29, 0.717) is 28.9 Å². The van der Waals surface area contributed by atoms with Crippen LogP contribution >= 0.6 is 0 Å². The summed E-state index contributed by atoms with van der Waals surface area (Å²) in [5, 5.41) is 25.2. The molecule has 160 valence electrons. The minimum Gasteiger partial charge on any atom is -0.496 e. The van der Waals surface area contributed by atoms with Gasteiger partial charge in [-0.15, -0.1) is 0 Å². The molecule has 0 saturated carbocycles. The van der Waals surface area contributed by atoms with Gasteiger partial charge in [-0.1, -0.05) is 13.8 Å². The molecule has 4 aromatic rings. The predicted octanol–water partition coefficient (Wildman–Crippen LogP) is 3.53. The van der Waals surface area contributed by atoms with Gasteiger partial charge in [0.2, 0.25) is 0 Å². The number of benzene rings is 2. The first-order chi connectivity index (χ1) is 15.3. The summed E-state index contributed by atoms with van der Waals surface area (Å²) in [6.07, 6.45) is 3.50. The Labute approximate surface area is 184 Å². The van der Waals surface area contributed by atoms with Crippen molar-refractivity contribution in [3.8, 4) is 34.2 Å². The van der Waals surface area contributed by atoms with Crippen LogP contribution in [0, 0.1) is 11.3 Å². The topological polar surface area (TPSA) is 109 Å². The van der Waals surface area contributed by atoms with Crippen LogP contribution in [-0.2, 0) is 12.5 Å². The summed E-state index contributed by atoms with van der Waals surface area (Å²) in [6.45, 7) is 4.72. The fraction of sp³-hybridized carbons (Fsp3) is 0.250. The van der Waals surface area contributed by atoms with Crippen LogP contribution in [0.4, 0.5) is 0 Å². The summed E-state index contributed by atoms with van der Waals surface area (Å²) < 4.78 is 7.41. The molecular formula is C24H22N6O2. The minimum atomic E-state index is -0.270. The Hall–Kier alpha value is -4.12. The fourth-order valence-corrected chi connectivity index (χ4v) is 4.49. The van der Waals surface area contributed by atoms with Crippen LogP contribution in [-0.4, -0.2) is 39.5 Å². The van der Waals surface area contributed by atoms with Crippen LogP contribution in [0.15, 0.2) is 36.7 Å². The third-order valence-electron chi connectivity index (χ3n) is 6.13. The molecule has 0 aliphatic carbocycles. The number of carbonyl (C=O) groups excluding carboxylic acids is 1. The number of nitrogens with zero attached hydrogens (tertiary/aromatic N) is 4. The van der Waals surface area contributed by atoms with Gasteiger partial charge in [0, 0.05) is 41.7 Å². The highest BCUT2D eigenvalue weighted by Gasteiger charge is 2.35. The van der Waals surface area contributed by atoms with Gasteiger partial charge in [-0.2, -0.15) is 15.5 Å². The van der Waals surface area contributed by atoms with Crippen molar-refractivity contribution >= 4 is 16.8 Å². The zero-order chi connectivity index (χ0) is 22.6. The van der Waals surface area contributed by atoms with Gasteiger partial charge in [0.15, 0.2) is 0 Å². The molecule has 8 heteroatoms. The summed E-state index contributed by atoms with van der Waals surface area (Å²) in [5.41, 5.74) is 5.85. The zero-order valence-corrected chi connectivity index (χ0v) is 18.3. The third kappa shape index (κ3) is 2.86. The minimum absolute atomic E-state index is 0.139. The number of H-pyrrole nitrogens is 1. The Morgan fingerprint density at radius 3 is 2.69 bits per heavy atom. The van der Waals surface area contributed by atoms with Crippen LogP contribution < -0.4 is 10.1 Å². The Morgan fingerprint density at radius 1 is 1.19 bits per heavy atom. The average molecular weight is 426 g/mol. The number of hydrogen-bond acceptors (Lipinski definition) is 5. The second-order valence-electron chi connectivity index (χ2n) is 8.66. The SMILES string of the molecule is COc1cc(-c2c3c(C#N)cc(-c4cn[nH]c4)cc3nn2C)cc2c1C(=O)NCC2(C)C. The monoisotopic (exact) mass is 426 g/mol. The molecule has 5 rings (SSSR count). The normalized spacial score (nSPS) is 14.7. The molecule has 0 unspecified atom stereocenters. The van der Waals surface area contributed by atoms with E-state index in [1.165, 1.54) is 0 Å².